The summed E-state index contributed by atoms with van der Waals surface area (Å²) in [4.78, 5) is 0. The molecular weight excluding hydrogens is 236 g/mol. The molecule has 4 nitrogen and oxygen atoms in total. The normalized spacial score (nSPS) is 43.4. The maximum absolute atomic E-state index is 6.86. The minimum Gasteiger partial charge on any atom is -0.319 e. The van der Waals surface area contributed by atoms with Crippen LogP contribution in [0.2, 0.25) is 0 Å². The largest absolute Gasteiger partial charge is 0.319 e. The van der Waals surface area contributed by atoms with Gasteiger partial charge in [-0.3, -0.25) is 0 Å². The third kappa shape index (κ3) is 1.49. The summed E-state index contributed by atoms with van der Waals surface area (Å²) in [5.74, 6) is 3.72. The third-order valence-electron chi connectivity index (χ3n) is 6.32. The van der Waals surface area contributed by atoms with E-state index < -0.39 is 0 Å². The molecule has 0 saturated heterocycles. The minimum atomic E-state index is -0.339. The number of hydrogen-bond acceptors (Lipinski definition) is 3. The van der Waals surface area contributed by atoms with Crippen molar-refractivity contribution >= 4 is 0 Å². The Bertz CT molecular complexity index is 467. The SMILES string of the molecule is Cn1cnnc1C(C)(N)C12CC3CC(CC(C3)C1)C2. The predicted octanol–water partition coefficient (Wildman–Crippen LogP) is 2.21. The molecule has 1 heterocycles. The van der Waals surface area contributed by atoms with E-state index in [4.69, 9.17) is 5.73 Å². The Morgan fingerprint density at radius 3 is 2.16 bits per heavy atom. The first-order chi connectivity index (χ1) is 9.00. The van der Waals surface area contributed by atoms with Crippen molar-refractivity contribution in [2.24, 2.45) is 36.0 Å². The highest BCUT2D eigenvalue weighted by Crippen LogP contribution is 2.64. The van der Waals surface area contributed by atoms with E-state index in [0.29, 0.717) is 0 Å². The zero-order chi connectivity index (χ0) is 13.3. The molecule has 19 heavy (non-hydrogen) atoms. The highest BCUT2D eigenvalue weighted by atomic mass is 15.3. The first kappa shape index (κ1) is 11.9. The summed E-state index contributed by atoms with van der Waals surface area (Å²) < 4.78 is 2.01. The van der Waals surface area contributed by atoms with Gasteiger partial charge >= 0.3 is 0 Å². The van der Waals surface area contributed by atoms with E-state index in [2.05, 4.69) is 17.1 Å². The first-order valence-corrected chi connectivity index (χ1v) is 7.63. The quantitative estimate of drug-likeness (QED) is 0.887. The minimum absolute atomic E-state index is 0.266. The van der Waals surface area contributed by atoms with Crippen LogP contribution < -0.4 is 5.73 Å². The van der Waals surface area contributed by atoms with E-state index in [1.165, 1.54) is 38.5 Å². The highest BCUT2D eigenvalue weighted by Gasteiger charge is 2.59. The van der Waals surface area contributed by atoms with Crippen LogP contribution in [0, 0.1) is 23.2 Å². The van der Waals surface area contributed by atoms with Crippen LogP contribution in [0.5, 0.6) is 0 Å². The Balaban J connectivity index is 1.77. The van der Waals surface area contributed by atoms with Gasteiger partial charge in [-0.1, -0.05) is 0 Å². The molecule has 2 N–H and O–H groups in total. The summed E-state index contributed by atoms with van der Waals surface area (Å²) in [6.07, 6.45) is 10.0. The van der Waals surface area contributed by atoms with Crippen LogP contribution >= 0.6 is 0 Å². The molecule has 0 aromatic carbocycles. The second-order valence-electron chi connectivity index (χ2n) is 7.67. The number of nitrogens with two attached hydrogens (primary N) is 1. The maximum Gasteiger partial charge on any atom is 0.152 e. The summed E-state index contributed by atoms with van der Waals surface area (Å²) in [6, 6.07) is 0. The Labute approximate surface area is 114 Å². The van der Waals surface area contributed by atoms with Crippen molar-refractivity contribution in [3.63, 3.8) is 0 Å². The molecule has 0 spiro atoms. The first-order valence-electron chi connectivity index (χ1n) is 7.63. The van der Waals surface area contributed by atoms with Crippen molar-refractivity contribution in [3.8, 4) is 0 Å². The lowest BCUT2D eigenvalue weighted by atomic mass is 9.45. The molecule has 4 bridgehead atoms. The van der Waals surface area contributed by atoms with Crippen molar-refractivity contribution in [3.05, 3.63) is 12.2 Å². The van der Waals surface area contributed by atoms with Crippen LogP contribution in [-0.2, 0) is 12.6 Å². The van der Waals surface area contributed by atoms with Crippen molar-refractivity contribution in [2.75, 3.05) is 0 Å². The molecule has 4 aliphatic rings. The average molecular weight is 260 g/mol. The van der Waals surface area contributed by atoms with E-state index >= 15 is 0 Å². The molecule has 1 aromatic rings. The summed E-state index contributed by atoms with van der Waals surface area (Å²) in [5, 5.41) is 8.38. The van der Waals surface area contributed by atoms with Gasteiger partial charge in [-0.15, -0.1) is 10.2 Å². The third-order valence-corrected chi connectivity index (χ3v) is 6.32. The number of rotatable bonds is 2. The van der Waals surface area contributed by atoms with E-state index in [9.17, 15) is 0 Å². The van der Waals surface area contributed by atoms with Gasteiger partial charge < -0.3 is 10.3 Å². The standard InChI is InChI=1S/C15H24N4/c1-14(16,13-18-17-9-19(13)2)15-6-10-3-11(7-15)5-12(4-10)8-15/h9-12H,3-8,16H2,1-2H3. The van der Waals surface area contributed by atoms with Gasteiger partial charge in [0.25, 0.3) is 0 Å². The molecule has 4 fully saturated rings. The molecule has 1 atom stereocenters. The van der Waals surface area contributed by atoms with Crippen LogP contribution in [0.4, 0.5) is 0 Å². The van der Waals surface area contributed by atoms with E-state index in [1.807, 2.05) is 11.6 Å². The van der Waals surface area contributed by atoms with Gasteiger partial charge in [-0.25, -0.2) is 0 Å². The molecule has 1 unspecified atom stereocenters. The van der Waals surface area contributed by atoms with Crippen LogP contribution in [-0.4, -0.2) is 14.8 Å². The van der Waals surface area contributed by atoms with Crippen LogP contribution in [0.25, 0.3) is 0 Å². The summed E-state index contributed by atoms with van der Waals surface area (Å²) in [7, 11) is 2.01. The fraction of sp³-hybridized carbons (Fsp3) is 0.867. The Morgan fingerprint density at radius 2 is 1.74 bits per heavy atom. The molecule has 4 saturated carbocycles. The topological polar surface area (TPSA) is 56.7 Å². The lowest BCUT2D eigenvalue weighted by Gasteiger charge is -2.61. The van der Waals surface area contributed by atoms with Gasteiger partial charge in [0.2, 0.25) is 0 Å². The Hall–Kier alpha value is -0.900. The van der Waals surface area contributed by atoms with Gasteiger partial charge in [0.15, 0.2) is 5.82 Å². The number of hydrogen-bond donors (Lipinski definition) is 1. The number of nitrogens with zero attached hydrogens (tertiary/aromatic N) is 3. The summed E-state index contributed by atoms with van der Waals surface area (Å²) in [6.45, 7) is 2.20. The average Bonchev–Trinajstić information content (AvgIpc) is 2.74. The fourth-order valence-corrected chi connectivity index (χ4v) is 5.74. The summed E-state index contributed by atoms with van der Waals surface area (Å²) in [5.41, 5.74) is 6.79. The maximum atomic E-state index is 6.86. The molecule has 4 aliphatic carbocycles. The van der Waals surface area contributed by atoms with E-state index in [0.717, 1.165) is 23.6 Å². The fourth-order valence-electron chi connectivity index (χ4n) is 5.74. The number of aryl methyl sites for hydroxylation is 1. The van der Waals surface area contributed by atoms with Crippen molar-refractivity contribution < 1.29 is 0 Å². The van der Waals surface area contributed by atoms with E-state index in [1.54, 1.807) is 6.33 Å². The molecule has 0 radical (unpaired) electrons. The molecule has 1 aromatic heterocycles. The van der Waals surface area contributed by atoms with E-state index in [-0.39, 0.29) is 11.0 Å². The van der Waals surface area contributed by atoms with Crippen LogP contribution in [0.15, 0.2) is 6.33 Å². The molecule has 5 rings (SSSR count). The lowest BCUT2D eigenvalue weighted by molar-refractivity contribution is -0.0981. The zero-order valence-corrected chi connectivity index (χ0v) is 12.0. The molecule has 104 valence electrons. The lowest BCUT2D eigenvalue weighted by Crippen LogP contribution is -2.60. The van der Waals surface area contributed by atoms with Crippen LogP contribution in [0.3, 0.4) is 0 Å². The van der Waals surface area contributed by atoms with Gasteiger partial charge in [0.1, 0.15) is 6.33 Å². The number of aromatic nitrogens is 3. The van der Waals surface area contributed by atoms with Gasteiger partial charge in [0.05, 0.1) is 5.54 Å². The van der Waals surface area contributed by atoms with Crippen molar-refractivity contribution in [1.82, 2.24) is 14.8 Å². The molecule has 4 heteroatoms. The highest BCUT2D eigenvalue weighted by molar-refractivity contribution is 5.17. The van der Waals surface area contributed by atoms with Gasteiger partial charge in [0, 0.05) is 7.05 Å². The predicted molar refractivity (Wildman–Crippen MR) is 73.1 cm³/mol. The molecule has 0 amide bonds. The van der Waals surface area contributed by atoms with Gasteiger partial charge in [-0.2, -0.15) is 0 Å². The second kappa shape index (κ2) is 3.60. The molecule has 0 aliphatic heterocycles. The zero-order valence-electron chi connectivity index (χ0n) is 12.0. The van der Waals surface area contributed by atoms with Crippen LogP contribution in [0.1, 0.15) is 51.3 Å². The molecular formula is C15H24N4. The monoisotopic (exact) mass is 260 g/mol. The summed E-state index contributed by atoms with van der Waals surface area (Å²) >= 11 is 0. The van der Waals surface area contributed by atoms with Crippen molar-refractivity contribution in [1.29, 1.82) is 0 Å². The Kier molecular flexibility index (Phi) is 2.25. The second-order valence-corrected chi connectivity index (χ2v) is 7.67. The Morgan fingerprint density at radius 1 is 1.21 bits per heavy atom. The smallest absolute Gasteiger partial charge is 0.152 e. The van der Waals surface area contributed by atoms with Crippen molar-refractivity contribution in [2.45, 2.75) is 51.0 Å². The van der Waals surface area contributed by atoms with Gasteiger partial charge in [-0.05, 0) is 68.6 Å².